The predicted octanol–water partition coefficient (Wildman–Crippen LogP) is 3.64. The zero-order valence-electron chi connectivity index (χ0n) is 7.65. The molecule has 0 saturated carbocycles. The van der Waals surface area contributed by atoms with Crippen molar-refractivity contribution in [3.8, 4) is 0 Å². The van der Waals surface area contributed by atoms with Crippen molar-refractivity contribution in [2.75, 3.05) is 0 Å². The lowest BCUT2D eigenvalue weighted by atomic mass is 10.0. The van der Waals surface area contributed by atoms with Crippen molar-refractivity contribution >= 4 is 0 Å². The maximum absolute atomic E-state index is 3.75. The highest BCUT2D eigenvalue weighted by Crippen LogP contribution is 2.14. The van der Waals surface area contributed by atoms with Crippen LogP contribution in [0.3, 0.4) is 0 Å². The number of hydrogen-bond donors (Lipinski definition) is 0. The van der Waals surface area contributed by atoms with E-state index in [9.17, 15) is 0 Å². The van der Waals surface area contributed by atoms with Gasteiger partial charge in [0.05, 0.1) is 0 Å². The normalized spacial score (nSPS) is 10.6. The van der Waals surface area contributed by atoms with Crippen LogP contribution in [-0.4, -0.2) is 0 Å². The highest BCUT2D eigenvalue weighted by Gasteiger charge is 1.94. The van der Waals surface area contributed by atoms with Crippen molar-refractivity contribution in [1.82, 2.24) is 0 Å². The van der Waals surface area contributed by atoms with Gasteiger partial charge >= 0.3 is 0 Å². The first-order chi connectivity index (χ1) is 5.13. The molecular weight excluding hydrogens is 132 g/mol. The third-order valence-corrected chi connectivity index (χ3v) is 1.54. The Morgan fingerprint density at radius 2 is 1.64 bits per heavy atom. The van der Waals surface area contributed by atoms with E-state index in [0.717, 1.165) is 0 Å². The lowest BCUT2D eigenvalue weighted by molar-refractivity contribution is 1.28. The van der Waals surface area contributed by atoms with Gasteiger partial charge in [-0.1, -0.05) is 37.0 Å². The molecule has 0 bridgehead atoms. The molecule has 0 atom stereocenters. The zero-order valence-corrected chi connectivity index (χ0v) is 7.65. The zero-order chi connectivity index (χ0) is 8.85. The van der Waals surface area contributed by atoms with Gasteiger partial charge in [-0.15, -0.1) is 0 Å². The van der Waals surface area contributed by atoms with Crippen molar-refractivity contribution in [1.29, 1.82) is 0 Å². The van der Waals surface area contributed by atoms with Crippen LogP contribution in [-0.2, 0) is 0 Å². The Morgan fingerprint density at radius 1 is 1.09 bits per heavy atom. The Bertz CT molecular complexity index is 210. The van der Waals surface area contributed by atoms with Gasteiger partial charge in [-0.25, -0.2) is 0 Å². The summed E-state index contributed by atoms with van der Waals surface area (Å²) in [4.78, 5) is 0. The maximum Gasteiger partial charge on any atom is -0.0247 e. The van der Waals surface area contributed by atoms with Crippen molar-refractivity contribution in [2.24, 2.45) is 0 Å². The second kappa shape index (κ2) is 4.73. The largest absolute Gasteiger partial charge is 0.0991 e. The molecule has 0 spiro atoms. The van der Waals surface area contributed by atoms with E-state index in [1.165, 1.54) is 16.7 Å². The Balaban J connectivity index is 4.81. The SMILES string of the molecule is C=C/C=C(\C)C(C=C)=C(C)C. The molecular formula is C11H16. The fraction of sp³-hybridized carbons (Fsp3) is 0.273. The molecule has 60 valence electrons. The lowest BCUT2D eigenvalue weighted by Gasteiger charge is -2.03. The number of rotatable bonds is 3. The first-order valence-electron chi connectivity index (χ1n) is 3.73. The van der Waals surface area contributed by atoms with Crippen LogP contribution >= 0.6 is 0 Å². The van der Waals surface area contributed by atoms with Gasteiger partial charge in [-0.2, -0.15) is 0 Å². The third-order valence-electron chi connectivity index (χ3n) is 1.54. The van der Waals surface area contributed by atoms with Gasteiger partial charge in [0, 0.05) is 0 Å². The van der Waals surface area contributed by atoms with E-state index in [1.807, 2.05) is 12.2 Å². The van der Waals surface area contributed by atoms with Crippen LogP contribution in [0.25, 0.3) is 0 Å². The number of hydrogen-bond acceptors (Lipinski definition) is 0. The summed E-state index contributed by atoms with van der Waals surface area (Å²) in [5.41, 5.74) is 3.72. The predicted molar refractivity (Wildman–Crippen MR) is 52.5 cm³/mol. The average molecular weight is 148 g/mol. The first kappa shape index (κ1) is 9.96. The van der Waals surface area contributed by atoms with E-state index < -0.39 is 0 Å². The van der Waals surface area contributed by atoms with Crippen LogP contribution in [0.15, 0.2) is 48.1 Å². The van der Waals surface area contributed by atoms with Crippen LogP contribution in [0.5, 0.6) is 0 Å². The second-order valence-corrected chi connectivity index (χ2v) is 2.70. The molecule has 0 amide bonds. The minimum Gasteiger partial charge on any atom is -0.0991 e. The molecule has 0 heteroatoms. The van der Waals surface area contributed by atoms with Crippen LogP contribution in [0, 0.1) is 0 Å². The monoisotopic (exact) mass is 148 g/mol. The smallest absolute Gasteiger partial charge is 0.0247 e. The average Bonchev–Trinajstić information content (AvgIpc) is 1.88. The lowest BCUT2D eigenvalue weighted by Crippen LogP contribution is -1.83. The molecule has 0 nitrogen and oxygen atoms in total. The van der Waals surface area contributed by atoms with E-state index in [2.05, 4.69) is 33.9 Å². The minimum absolute atomic E-state index is 1.21. The van der Waals surface area contributed by atoms with E-state index in [0.29, 0.717) is 0 Å². The molecule has 0 radical (unpaired) electrons. The fourth-order valence-electron chi connectivity index (χ4n) is 1.03. The Kier molecular flexibility index (Phi) is 4.28. The summed E-state index contributed by atoms with van der Waals surface area (Å²) in [5.74, 6) is 0. The van der Waals surface area contributed by atoms with E-state index in [-0.39, 0.29) is 0 Å². The molecule has 0 heterocycles. The van der Waals surface area contributed by atoms with Gasteiger partial charge < -0.3 is 0 Å². The van der Waals surface area contributed by atoms with E-state index in [1.54, 1.807) is 6.08 Å². The molecule has 0 rings (SSSR count). The summed E-state index contributed by atoms with van der Waals surface area (Å²) in [6, 6.07) is 0. The van der Waals surface area contributed by atoms with Crippen LogP contribution in [0.1, 0.15) is 20.8 Å². The van der Waals surface area contributed by atoms with E-state index in [4.69, 9.17) is 0 Å². The van der Waals surface area contributed by atoms with Crippen LogP contribution in [0.4, 0.5) is 0 Å². The Morgan fingerprint density at radius 3 is 1.91 bits per heavy atom. The molecule has 0 aromatic rings. The minimum atomic E-state index is 1.21. The van der Waals surface area contributed by atoms with Gasteiger partial charge in [-0.3, -0.25) is 0 Å². The van der Waals surface area contributed by atoms with Gasteiger partial charge in [0.1, 0.15) is 0 Å². The van der Waals surface area contributed by atoms with Gasteiger partial charge in [-0.05, 0) is 31.9 Å². The highest BCUT2D eigenvalue weighted by molar-refractivity contribution is 5.41. The summed E-state index contributed by atoms with van der Waals surface area (Å²) in [5, 5.41) is 0. The van der Waals surface area contributed by atoms with E-state index >= 15 is 0 Å². The molecule has 0 fully saturated rings. The van der Waals surface area contributed by atoms with Crippen molar-refractivity contribution in [2.45, 2.75) is 20.8 Å². The van der Waals surface area contributed by atoms with Gasteiger partial charge in [0.25, 0.3) is 0 Å². The molecule has 0 aliphatic carbocycles. The van der Waals surface area contributed by atoms with Gasteiger partial charge in [0.2, 0.25) is 0 Å². The molecule has 0 unspecified atom stereocenters. The summed E-state index contributed by atoms with van der Waals surface area (Å²) >= 11 is 0. The molecule has 0 aliphatic heterocycles. The summed E-state index contributed by atoms with van der Waals surface area (Å²) in [7, 11) is 0. The Hall–Kier alpha value is -1.04. The van der Waals surface area contributed by atoms with Crippen molar-refractivity contribution in [3.05, 3.63) is 48.1 Å². The summed E-state index contributed by atoms with van der Waals surface area (Å²) in [6.45, 7) is 13.6. The number of allylic oxidation sites excluding steroid dienone is 6. The quantitative estimate of drug-likeness (QED) is 0.536. The maximum atomic E-state index is 3.75. The van der Waals surface area contributed by atoms with Crippen LogP contribution in [0.2, 0.25) is 0 Å². The molecule has 0 aromatic carbocycles. The third kappa shape index (κ3) is 3.03. The Labute approximate surface area is 69.6 Å². The second-order valence-electron chi connectivity index (χ2n) is 2.70. The molecule has 0 aromatic heterocycles. The topological polar surface area (TPSA) is 0 Å². The fourth-order valence-corrected chi connectivity index (χ4v) is 1.03. The van der Waals surface area contributed by atoms with Gasteiger partial charge in [0.15, 0.2) is 0 Å². The molecule has 0 N–H and O–H groups in total. The summed E-state index contributed by atoms with van der Waals surface area (Å²) in [6.07, 6.45) is 5.66. The van der Waals surface area contributed by atoms with Crippen LogP contribution < -0.4 is 0 Å². The van der Waals surface area contributed by atoms with Crippen molar-refractivity contribution in [3.63, 3.8) is 0 Å². The highest BCUT2D eigenvalue weighted by atomic mass is 14.0. The summed E-state index contributed by atoms with van der Waals surface area (Å²) < 4.78 is 0. The first-order valence-corrected chi connectivity index (χ1v) is 3.73. The molecule has 11 heavy (non-hydrogen) atoms. The molecule has 0 aliphatic rings. The standard InChI is InChI=1S/C11H16/c1-6-8-10(5)11(7-2)9(3)4/h6-8H,1-2H2,3-5H3/b10-8+. The molecule has 0 saturated heterocycles. The van der Waals surface area contributed by atoms with Crippen molar-refractivity contribution < 1.29 is 0 Å².